The van der Waals surface area contributed by atoms with Crippen LogP contribution < -0.4 is 15.4 Å². The van der Waals surface area contributed by atoms with Gasteiger partial charge in [0.2, 0.25) is 11.8 Å². The second-order valence-electron chi connectivity index (χ2n) is 6.20. The molecule has 9 heteroatoms. The van der Waals surface area contributed by atoms with E-state index in [1.807, 2.05) is 0 Å². The summed E-state index contributed by atoms with van der Waals surface area (Å²) >= 11 is 0. The number of nitro groups is 1. The monoisotopic (exact) mass is 393 g/mol. The zero-order chi connectivity index (χ0) is 21.0. The first-order chi connectivity index (χ1) is 13.9. The van der Waals surface area contributed by atoms with Crippen molar-refractivity contribution >= 4 is 34.6 Å². The molecule has 2 N–H and O–H groups in total. The van der Waals surface area contributed by atoms with E-state index in [-0.39, 0.29) is 28.9 Å². The number of carbonyl (C=O) groups excluding carboxylic acids is 1. The summed E-state index contributed by atoms with van der Waals surface area (Å²) in [6, 6.07) is 13.7. The summed E-state index contributed by atoms with van der Waals surface area (Å²) in [5.74, 6) is 0.889. The highest BCUT2D eigenvalue weighted by Gasteiger charge is 2.22. The summed E-state index contributed by atoms with van der Waals surface area (Å²) in [5, 5.41) is 17.5. The van der Waals surface area contributed by atoms with Crippen LogP contribution in [0.15, 0.2) is 48.5 Å². The Bertz CT molecular complexity index is 1050. The number of nitrogens with one attached hydrogen (secondary N) is 2. The number of hydrogen-bond donors (Lipinski definition) is 2. The van der Waals surface area contributed by atoms with Gasteiger partial charge in [0.15, 0.2) is 5.78 Å². The second-order valence-corrected chi connectivity index (χ2v) is 6.20. The number of Topliss-reactive ketones (excluding diaryl/α,β-unsaturated/α-hetero) is 1. The number of methoxy groups -OCH3 is 1. The van der Waals surface area contributed by atoms with Gasteiger partial charge in [0.1, 0.15) is 11.4 Å². The van der Waals surface area contributed by atoms with E-state index in [1.54, 1.807) is 62.6 Å². The molecule has 2 aromatic carbocycles. The highest BCUT2D eigenvalue weighted by atomic mass is 16.6. The van der Waals surface area contributed by atoms with Crippen LogP contribution in [0.3, 0.4) is 0 Å². The first kappa shape index (κ1) is 19.7. The van der Waals surface area contributed by atoms with Crippen molar-refractivity contribution in [2.45, 2.75) is 13.8 Å². The summed E-state index contributed by atoms with van der Waals surface area (Å²) in [7, 11) is 1.56. The number of rotatable bonds is 7. The normalized spacial score (nSPS) is 10.3. The van der Waals surface area contributed by atoms with Crippen LogP contribution >= 0.6 is 0 Å². The largest absolute Gasteiger partial charge is 0.497 e. The zero-order valence-corrected chi connectivity index (χ0v) is 16.1. The molecule has 29 heavy (non-hydrogen) atoms. The van der Waals surface area contributed by atoms with Crippen LogP contribution in [0.4, 0.5) is 28.8 Å². The maximum atomic E-state index is 11.5. The molecule has 0 aliphatic rings. The Morgan fingerprint density at radius 1 is 1.00 bits per heavy atom. The second kappa shape index (κ2) is 8.34. The summed E-state index contributed by atoms with van der Waals surface area (Å²) in [5.41, 5.74) is 1.85. The van der Waals surface area contributed by atoms with Gasteiger partial charge in [-0.2, -0.15) is 4.98 Å². The molecule has 0 atom stereocenters. The maximum absolute atomic E-state index is 11.5. The van der Waals surface area contributed by atoms with E-state index in [9.17, 15) is 14.9 Å². The van der Waals surface area contributed by atoms with Gasteiger partial charge in [-0.15, -0.1) is 0 Å². The molecule has 0 bridgehead atoms. The molecule has 148 valence electrons. The Labute approximate surface area is 166 Å². The predicted octanol–water partition coefficient (Wildman–Crippen LogP) is 4.39. The van der Waals surface area contributed by atoms with E-state index >= 15 is 0 Å². The Morgan fingerprint density at radius 3 is 2.14 bits per heavy atom. The quantitative estimate of drug-likeness (QED) is 0.344. The van der Waals surface area contributed by atoms with Crippen molar-refractivity contribution in [1.29, 1.82) is 0 Å². The van der Waals surface area contributed by atoms with Crippen molar-refractivity contribution in [1.82, 2.24) is 9.97 Å². The van der Waals surface area contributed by atoms with Crippen LogP contribution in [0, 0.1) is 17.0 Å². The third-order valence-electron chi connectivity index (χ3n) is 4.14. The van der Waals surface area contributed by atoms with Crippen LogP contribution in [-0.4, -0.2) is 27.8 Å². The third kappa shape index (κ3) is 4.64. The first-order valence-electron chi connectivity index (χ1n) is 8.69. The molecule has 3 aromatic rings. The molecule has 0 radical (unpaired) electrons. The van der Waals surface area contributed by atoms with E-state index < -0.39 is 4.92 Å². The molecule has 1 aromatic heterocycles. The average molecular weight is 393 g/mol. The first-order valence-corrected chi connectivity index (χ1v) is 8.69. The molecule has 1 heterocycles. The van der Waals surface area contributed by atoms with Crippen molar-refractivity contribution < 1.29 is 14.5 Å². The lowest BCUT2D eigenvalue weighted by molar-refractivity contribution is -0.385. The lowest BCUT2D eigenvalue weighted by Gasteiger charge is -2.11. The lowest BCUT2D eigenvalue weighted by Crippen LogP contribution is -2.07. The molecule has 0 fully saturated rings. The van der Waals surface area contributed by atoms with Gasteiger partial charge < -0.3 is 15.4 Å². The zero-order valence-electron chi connectivity index (χ0n) is 16.1. The minimum Gasteiger partial charge on any atom is -0.497 e. The van der Waals surface area contributed by atoms with Crippen LogP contribution in [0.25, 0.3) is 0 Å². The van der Waals surface area contributed by atoms with Gasteiger partial charge in [-0.1, -0.05) is 0 Å². The SMILES string of the molecule is COc1ccc(Nc2nc(Nc3ccc(C(C)=O)cc3)nc(C)c2[N+](=O)[O-])cc1. The molecular weight excluding hydrogens is 374 g/mol. The van der Waals surface area contributed by atoms with E-state index in [0.717, 1.165) is 0 Å². The van der Waals surface area contributed by atoms with Crippen LogP contribution in [0.5, 0.6) is 5.75 Å². The summed E-state index contributed by atoms with van der Waals surface area (Å²) in [6.45, 7) is 3.03. The fourth-order valence-corrected chi connectivity index (χ4v) is 2.66. The fourth-order valence-electron chi connectivity index (χ4n) is 2.66. The van der Waals surface area contributed by atoms with E-state index in [2.05, 4.69) is 20.6 Å². The Kier molecular flexibility index (Phi) is 5.68. The summed E-state index contributed by atoms with van der Waals surface area (Å²) < 4.78 is 5.12. The van der Waals surface area contributed by atoms with Crippen LogP contribution in [-0.2, 0) is 0 Å². The summed E-state index contributed by atoms with van der Waals surface area (Å²) in [6.07, 6.45) is 0. The standard InChI is InChI=1S/C20H19N5O4/c1-12-18(25(27)28)19(22-15-8-10-17(29-3)11-9-15)24-20(21-12)23-16-6-4-14(5-7-16)13(2)26/h4-11H,1-3H3,(H2,21,22,23,24). The Morgan fingerprint density at radius 2 is 1.59 bits per heavy atom. The number of aryl methyl sites for hydroxylation is 1. The van der Waals surface area contributed by atoms with Crippen molar-refractivity contribution in [3.8, 4) is 5.75 Å². The highest BCUT2D eigenvalue weighted by molar-refractivity contribution is 5.94. The number of hydrogen-bond acceptors (Lipinski definition) is 8. The van der Waals surface area contributed by atoms with Crippen LogP contribution in [0.1, 0.15) is 23.0 Å². The van der Waals surface area contributed by atoms with Crippen molar-refractivity contribution in [2.24, 2.45) is 0 Å². The number of carbonyl (C=O) groups is 1. The number of aromatic nitrogens is 2. The van der Waals surface area contributed by atoms with Gasteiger partial charge in [0.25, 0.3) is 0 Å². The van der Waals surface area contributed by atoms with Crippen LogP contribution in [0.2, 0.25) is 0 Å². The van der Waals surface area contributed by atoms with Crippen molar-refractivity contribution in [3.63, 3.8) is 0 Å². The number of ether oxygens (including phenoxy) is 1. The minimum absolute atomic E-state index is 0.0371. The van der Waals surface area contributed by atoms with Gasteiger partial charge in [-0.25, -0.2) is 4.98 Å². The average Bonchev–Trinajstić information content (AvgIpc) is 2.68. The van der Waals surface area contributed by atoms with E-state index in [1.165, 1.54) is 6.92 Å². The molecule has 3 rings (SSSR count). The van der Waals surface area contributed by atoms with Gasteiger partial charge in [-0.05, 0) is 62.4 Å². The Balaban J connectivity index is 1.92. The number of benzene rings is 2. The van der Waals surface area contributed by atoms with Gasteiger partial charge >= 0.3 is 5.69 Å². The van der Waals surface area contributed by atoms with Crippen molar-refractivity contribution in [3.05, 3.63) is 69.9 Å². The molecule has 0 saturated carbocycles. The van der Waals surface area contributed by atoms with E-state index in [4.69, 9.17) is 4.74 Å². The topological polar surface area (TPSA) is 119 Å². The number of ketones is 1. The minimum atomic E-state index is -0.521. The molecule has 0 unspecified atom stereocenters. The molecule has 0 aliphatic carbocycles. The smallest absolute Gasteiger partial charge is 0.332 e. The summed E-state index contributed by atoms with van der Waals surface area (Å²) in [4.78, 5) is 30.8. The number of anilines is 4. The maximum Gasteiger partial charge on any atom is 0.332 e. The third-order valence-corrected chi connectivity index (χ3v) is 4.14. The lowest BCUT2D eigenvalue weighted by atomic mass is 10.1. The molecule has 0 amide bonds. The Hall–Kier alpha value is -4.01. The van der Waals surface area contributed by atoms with Gasteiger partial charge in [-0.3, -0.25) is 14.9 Å². The fraction of sp³-hybridized carbons (Fsp3) is 0.150. The molecule has 0 saturated heterocycles. The molecule has 0 aliphatic heterocycles. The van der Waals surface area contributed by atoms with Gasteiger partial charge in [0.05, 0.1) is 12.0 Å². The highest BCUT2D eigenvalue weighted by Crippen LogP contribution is 2.30. The molecule has 0 spiro atoms. The number of nitrogens with zero attached hydrogens (tertiary/aromatic N) is 3. The van der Waals surface area contributed by atoms with Crippen molar-refractivity contribution in [2.75, 3.05) is 17.7 Å². The van der Waals surface area contributed by atoms with E-state index in [0.29, 0.717) is 22.7 Å². The van der Waals surface area contributed by atoms with Gasteiger partial charge in [0, 0.05) is 16.9 Å². The molecule has 9 nitrogen and oxygen atoms in total. The predicted molar refractivity (Wildman–Crippen MR) is 109 cm³/mol. The molecular formula is C20H19N5O4.